The van der Waals surface area contributed by atoms with Crippen molar-refractivity contribution in [3.63, 3.8) is 0 Å². The SMILES string of the molecule is NC(CCN1CCC2(CCCC2)CC1)c1cccc(Cl)c1. The maximum atomic E-state index is 6.31. The van der Waals surface area contributed by atoms with Crippen molar-refractivity contribution in [2.45, 2.75) is 51.0 Å². The highest BCUT2D eigenvalue weighted by atomic mass is 35.5. The first-order chi connectivity index (χ1) is 10.2. The number of hydrogen-bond acceptors (Lipinski definition) is 2. The number of hydrogen-bond donors (Lipinski definition) is 1. The number of halogens is 1. The summed E-state index contributed by atoms with van der Waals surface area (Å²) in [5.74, 6) is 0. The van der Waals surface area contributed by atoms with Crippen LogP contribution in [0.15, 0.2) is 24.3 Å². The average molecular weight is 307 g/mol. The first-order valence-electron chi connectivity index (χ1n) is 8.40. The smallest absolute Gasteiger partial charge is 0.0409 e. The minimum atomic E-state index is 0.103. The molecule has 3 rings (SSSR count). The molecule has 0 bridgehead atoms. The van der Waals surface area contributed by atoms with E-state index in [1.807, 2.05) is 18.2 Å². The largest absolute Gasteiger partial charge is 0.324 e. The van der Waals surface area contributed by atoms with Gasteiger partial charge < -0.3 is 10.6 Å². The van der Waals surface area contributed by atoms with Crippen LogP contribution >= 0.6 is 11.6 Å². The minimum Gasteiger partial charge on any atom is -0.324 e. The van der Waals surface area contributed by atoms with Gasteiger partial charge in [-0.1, -0.05) is 36.6 Å². The van der Waals surface area contributed by atoms with Gasteiger partial charge in [0.1, 0.15) is 0 Å². The summed E-state index contributed by atoms with van der Waals surface area (Å²) in [4.78, 5) is 2.61. The van der Waals surface area contributed by atoms with Crippen molar-refractivity contribution in [3.8, 4) is 0 Å². The molecule has 0 amide bonds. The van der Waals surface area contributed by atoms with Gasteiger partial charge in [-0.2, -0.15) is 0 Å². The van der Waals surface area contributed by atoms with E-state index in [9.17, 15) is 0 Å². The fraction of sp³-hybridized carbons (Fsp3) is 0.667. The molecular formula is C18H27ClN2. The van der Waals surface area contributed by atoms with Crippen LogP contribution in [0.4, 0.5) is 0 Å². The Kier molecular flexibility index (Phi) is 4.88. The Morgan fingerprint density at radius 1 is 1.14 bits per heavy atom. The molecule has 116 valence electrons. The number of nitrogens with two attached hydrogens (primary N) is 1. The van der Waals surface area contributed by atoms with Gasteiger partial charge in [-0.15, -0.1) is 0 Å². The Morgan fingerprint density at radius 2 is 1.86 bits per heavy atom. The van der Waals surface area contributed by atoms with E-state index in [2.05, 4.69) is 11.0 Å². The summed E-state index contributed by atoms with van der Waals surface area (Å²) in [5, 5.41) is 0.782. The highest BCUT2D eigenvalue weighted by Crippen LogP contribution is 2.46. The lowest BCUT2D eigenvalue weighted by Crippen LogP contribution is -2.39. The molecule has 1 heterocycles. The fourth-order valence-electron chi connectivity index (χ4n) is 4.10. The number of piperidine rings is 1. The van der Waals surface area contributed by atoms with Gasteiger partial charge in [0.2, 0.25) is 0 Å². The molecule has 21 heavy (non-hydrogen) atoms. The predicted octanol–water partition coefficient (Wildman–Crippen LogP) is 4.39. The van der Waals surface area contributed by atoms with Crippen LogP contribution in [0, 0.1) is 5.41 Å². The maximum absolute atomic E-state index is 6.31. The van der Waals surface area contributed by atoms with Gasteiger partial charge in [-0.3, -0.25) is 0 Å². The van der Waals surface area contributed by atoms with Crippen LogP contribution in [-0.4, -0.2) is 24.5 Å². The molecule has 0 aromatic heterocycles. The van der Waals surface area contributed by atoms with Crippen LogP contribution in [-0.2, 0) is 0 Å². The molecule has 1 unspecified atom stereocenters. The van der Waals surface area contributed by atoms with Crippen molar-refractivity contribution >= 4 is 11.6 Å². The molecule has 1 saturated carbocycles. The quantitative estimate of drug-likeness (QED) is 0.894. The second kappa shape index (κ2) is 6.68. The first kappa shape index (κ1) is 15.3. The number of nitrogens with zero attached hydrogens (tertiary/aromatic N) is 1. The second-order valence-corrected chi connectivity index (χ2v) is 7.44. The predicted molar refractivity (Wildman–Crippen MR) is 89.6 cm³/mol. The van der Waals surface area contributed by atoms with E-state index in [-0.39, 0.29) is 6.04 Å². The van der Waals surface area contributed by atoms with E-state index in [1.54, 1.807) is 0 Å². The molecule has 1 aromatic carbocycles. The third kappa shape index (κ3) is 3.80. The summed E-state index contributed by atoms with van der Waals surface area (Å²) in [6.07, 6.45) is 9.69. The summed E-state index contributed by atoms with van der Waals surface area (Å²) in [6, 6.07) is 8.08. The zero-order chi connectivity index (χ0) is 14.7. The van der Waals surface area contributed by atoms with Gasteiger partial charge >= 0.3 is 0 Å². The lowest BCUT2D eigenvalue weighted by molar-refractivity contribution is 0.106. The standard InChI is InChI=1S/C18H27ClN2/c19-16-5-3-4-15(14-16)17(20)6-11-21-12-9-18(10-13-21)7-1-2-8-18/h3-5,14,17H,1-2,6-13,20H2. The Hall–Kier alpha value is -0.570. The summed E-state index contributed by atoms with van der Waals surface area (Å²) in [7, 11) is 0. The zero-order valence-electron chi connectivity index (χ0n) is 12.9. The van der Waals surface area contributed by atoms with Crippen LogP contribution < -0.4 is 5.73 Å². The van der Waals surface area contributed by atoms with Gasteiger partial charge in [0, 0.05) is 11.1 Å². The van der Waals surface area contributed by atoms with E-state index < -0.39 is 0 Å². The normalized spacial score (nSPS) is 23.5. The fourth-order valence-corrected chi connectivity index (χ4v) is 4.30. The molecule has 2 nitrogen and oxygen atoms in total. The van der Waals surface area contributed by atoms with Gasteiger partial charge in [0.15, 0.2) is 0 Å². The van der Waals surface area contributed by atoms with E-state index in [0.29, 0.717) is 5.41 Å². The van der Waals surface area contributed by atoms with Crippen molar-refractivity contribution in [2.24, 2.45) is 11.1 Å². The molecule has 1 aliphatic heterocycles. The highest BCUT2D eigenvalue weighted by Gasteiger charge is 2.36. The molecule has 1 aliphatic carbocycles. The second-order valence-electron chi connectivity index (χ2n) is 7.00. The third-order valence-electron chi connectivity index (χ3n) is 5.61. The molecule has 1 atom stereocenters. The van der Waals surface area contributed by atoms with Crippen molar-refractivity contribution < 1.29 is 0 Å². The summed E-state index contributed by atoms with van der Waals surface area (Å²) >= 11 is 6.04. The first-order valence-corrected chi connectivity index (χ1v) is 8.78. The zero-order valence-corrected chi connectivity index (χ0v) is 13.6. The Balaban J connectivity index is 1.45. The molecule has 2 aliphatic rings. The van der Waals surface area contributed by atoms with Crippen LogP contribution in [0.3, 0.4) is 0 Å². The third-order valence-corrected chi connectivity index (χ3v) is 5.85. The van der Waals surface area contributed by atoms with Crippen LogP contribution in [0.5, 0.6) is 0 Å². The molecule has 1 aromatic rings. The van der Waals surface area contributed by atoms with Crippen molar-refractivity contribution in [1.82, 2.24) is 4.90 Å². The Bertz CT molecular complexity index is 458. The summed E-state index contributed by atoms with van der Waals surface area (Å²) in [5.41, 5.74) is 8.18. The van der Waals surface area contributed by atoms with Gasteiger partial charge in [-0.25, -0.2) is 0 Å². The van der Waals surface area contributed by atoms with Gasteiger partial charge in [0.05, 0.1) is 0 Å². The van der Waals surface area contributed by atoms with Crippen LogP contribution in [0.25, 0.3) is 0 Å². The van der Waals surface area contributed by atoms with E-state index in [1.165, 1.54) is 51.6 Å². The number of likely N-dealkylation sites (tertiary alicyclic amines) is 1. The summed E-state index contributed by atoms with van der Waals surface area (Å²) in [6.45, 7) is 3.65. The van der Waals surface area contributed by atoms with Crippen LogP contribution in [0.1, 0.15) is 56.6 Å². The van der Waals surface area contributed by atoms with Gasteiger partial charge in [0.25, 0.3) is 0 Å². The average Bonchev–Trinajstić information content (AvgIpc) is 2.95. The molecule has 3 heteroatoms. The topological polar surface area (TPSA) is 29.3 Å². The number of rotatable bonds is 4. The lowest BCUT2D eigenvalue weighted by atomic mass is 9.77. The van der Waals surface area contributed by atoms with E-state index in [0.717, 1.165) is 23.6 Å². The van der Waals surface area contributed by atoms with Crippen molar-refractivity contribution in [3.05, 3.63) is 34.9 Å². The Morgan fingerprint density at radius 3 is 2.52 bits per heavy atom. The lowest BCUT2D eigenvalue weighted by Gasteiger charge is -2.39. The molecule has 2 N–H and O–H groups in total. The Labute approximate surface area is 133 Å². The monoisotopic (exact) mass is 306 g/mol. The molecular weight excluding hydrogens is 280 g/mol. The molecule has 2 fully saturated rings. The van der Waals surface area contributed by atoms with Crippen molar-refractivity contribution in [2.75, 3.05) is 19.6 Å². The summed E-state index contributed by atoms with van der Waals surface area (Å²) < 4.78 is 0. The number of benzene rings is 1. The van der Waals surface area contributed by atoms with Gasteiger partial charge in [-0.05, 0) is 74.8 Å². The van der Waals surface area contributed by atoms with E-state index >= 15 is 0 Å². The van der Waals surface area contributed by atoms with Crippen LogP contribution in [0.2, 0.25) is 5.02 Å². The molecule has 0 radical (unpaired) electrons. The molecule has 1 spiro atoms. The maximum Gasteiger partial charge on any atom is 0.0409 e. The minimum absolute atomic E-state index is 0.103. The van der Waals surface area contributed by atoms with Crippen molar-refractivity contribution in [1.29, 1.82) is 0 Å². The molecule has 1 saturated heterocycles. The van der Waals surface area contributed by atoms with E-state index in [4.69, 9.17) is 17.3 Å². The highest BCUT2D eigenvalue weighted by molar-refractivity contribution is 6.30.